The Morgan fingerprint density at radius 3 is 1.97 bits per heavy atom. The second-order valence-electron chi connectivity index (χ2n) is 26.0. The number of aliphatic hydroxyl groups is 7. The summed E-state index contributed by atoms with van der Waals surface area (Å²) in [6, 6.07) is 1.68. The van der Waals surface area contributed by atoms with Crippen LogP contribution in [-0.4, -0.2) is 190 Å². The molecule has 5 aromatic carbocycles. The van der Waals surface area contributed by atoms with Crippen molar-refractivity contribution < 1.29 is 113 Å². The van der Waals surface area contributed by atoms with Crippen LogP contribution in [0.25, 0.3) is 11.1 Å². The van der Waals surface area contributed by atoms with Crippen LogP contribution in [0.3, 0.4) is 0 Å². The normalized spacial score (nSPS) is 29.3. The van der Waals surface area contributed by atoms with Crippen molar-refractivity contribution in [3.05, 3.63) is 122 Å². The van der Waals surface area contributed by atoms with Crippen molar-refractivity contribution in [2.75, 3.05) is 13.7 Å². The van der Waals surface area contributed by atoms with Gasteiger partial charge < -0.3 is 128 Å². The van der Waals surface area contributed by atoms with Crippen LogP contribution in [0.4, 0.5) is 0 Å². The van der Waals surface area contributed by atoms with Gasteiger partial charge in [-0.15, -0.1) is 0 Å². The molecule has 6 amide bonds. The Balaban J connectivity index is 1.24. The number of nitrogens with two attached hydrogens (primary N) is 2. The number of aliphatic hydroxyl groups excluding tert-OH is 7. The molecule has 7 heterocycles. The van der Waals surface area contributed by atoms with Crippen molar-refractivity contribution in [2.24, 2.45) is 17.4 Å². The Morgan fingerprint density at radius 2 is 1.39 bits per heavy atom. The molecule has 102 heavy (non-hydrogen) atoms. The second-order valence-corrected chi connectivity index (χ2v) is 27.3. The van der Waals surface area contributed by atoms with Crippen molar-refractivity contribution in [3.8, 4) is 51.4 Å². The molecule has 21 N–H and O–H groups in total. The molecule has 0 radical (unpaired) electrons. The zero-order valence-electron chi connectivity index (χ0n) is 55.0. The van der Waals surface area contributed by atoms with Gasteiger partial charge in [0.15, 0.2) is 29.9 Å². The lowest BCUT2D eigenvalue weighted by atomic mass is 9.86. The number of halogens is 2. The quantitative estimate of drug-likeness (QED) is 0.0680. The van der Waals surface area contributed by atoms with E-state index in [4.69, 9.17) is 75.3 Å². The summed E-state index contributed by atoms with van der Waals surface area (Å²) in [6.07, 6.45) is -18.1. The van der Waals surface area contributed by atoms with Crippen LogP contribution in [0.1, 0.15) is 111 Å². The van der Waals surface area contributed by atoms with Crippen LogP contribution < -0.4 is 62.9 Å². The first kappa shape index (κ1) is 76.0. The molecule has 5 aromatic rings. The molecule has 2 saturated heterocycles. The van der Waals surface area contributed by atoms with Crippen molar-refractivity contribution >= 4 is 81.8 Å². The van der Waals surface area contributed by atoms with E-state index in [-0.39, 0.29) is 74.2 Å². The fraction of sp³-hybridized carbons (Fsp3) is 0.433. The smallest absolute Gasteiger partial charge is 0.330 e. The van der Waals surface area contributed by atoms with E-state index in [1.807, 2.05) is 13.8 Å². The average molecular weight is 1480 g/mol. The molecular weight excluding hydrogens is 1400 g/mol. The van der Waals surface area contributed by atoms with Gasteiger partial charge in [0.05, 0.1) is 47.9 Å². The third-order valence-corrected chi connectivity index (χ3v) is 19.0. The van der Waals surface area contributed by atoms with Gasteiger partial charge in [-0.2, -0.15) is 0 Å². The number of phenolic OH excluding ortho intramolecular Hbond substituents is 2. The van der Waals surface area contributed by atoms with E-state index in [9.17, 15) is 75.0 Å². The molecule has 0 saturated carbocycles. The molecule has 18 atom stereocenters. The van der Waals surface area contributed by atoms with Gasteiger partial charge in [0.2, 0.25) is 47.5 Å². The molecule has 11 bridgehead atoms. The number of carboxylic acids is 1. The fourth-order valence-electron chi connectivity index (χ4n) is 12.7. The number of primary amides is 1. The number of hydrogen-bond acceptors (Lipinski definition) is 25. The van der Waals surface area contributed by atoms with Gasteiger partial charge in [0.1, 0.15) is 88.7 Å². The van der Waals surface area contributed by atoms with Crippen molar-refractivity contribution in [2.45, 2.75) is 163 Å². The molecule has 0 aromatic heterocycles. The maximum atomic E-state index is 15.6. The number of carbonyl (C=O) groups is 7. The molecule has 18 unspecified atom stereocenters. The predicted molar refractivity (Wildman–Crippen MR) is 361 cm³/mol. The average Bonchev–Trinajstić information content (AvgIpc) is 0.769. The highest BCUT2D eigenvalue weighted by atomic mass is 35.5. The number of rotatable bonds is 14. The minimum atomic E-state index is -2.22. The topological polar surface area (TPSA) is 513 Å². The van der Waals surface area contributed by atoms with Gasteiger partial charge in [-0.1, -0.05) is 73.5 Å². The number of carbonyl (C=O) groups excluding carboxylic acids is 6. The lowest BCUT2D eigenvalue weighted by Gasteiger charge is -2.47. The monoisotopic (exact) mass is 1480 g/mol. The Bertz CT molecular complexity index is 4100. The highest BCUT2D eigenvalue weighted by Gasteiger charge is 2.51. The van der Waals surface area contributed by atoms with Crippen LogP contribution in [0.15, 0.2) is 78.9 Å². The SMILES string of the molecule is CNC(CC(C)C)C(=O)NC1C(=O)NC(CC(N)=O)C(=O)NC2C(=S)NC3C(=O)NC(C(=O)NC(C(=O)O)c4cc(O)cc(O)c4-c4cc3ccc4CO)C(O)c3ccc(c(Cl)c3)Oc3cc2cc(c3OC2OC(CO)C(O)C(O)C2OC2CC(C)(N)C(O)C(C)O2)Oc2ccc(cc2Cl)C1O. The number of nitrogens with one attached hydrogen (secondary N) is 7. The summed E-state index contributed by atoms with van der Waals surface area (Å²) in [5.74, 6) is -12.7. The summed E-state index contributed by atoms with van der Waals surface area (Å²) in [5.41, 5.74) is 9.13. The van der Waals surface area contributed by atoms with E-state index in [0.29, 0.717) is 0 Å². The molecule has 0 aliphatic carbocycles. The predicted octanol–water partition coefficient (Wildman–Crippen LogP) is 0.694. The first-order valence-corrected chi connectivity index (χ1v) is 33.2. The standard InChI is InChI=1S/C67H77Cl2N9O23S/c1-24(2)12-36(72-5)59(89)76-50-52(84)27-8-10-39(34(68)14-27)97-41-16-30-17-42(56(41)101-66-57(55(87)54(86)43(23-80)99-66)100-45-21-67(4,71)58(88)25(3)96-45)98-40-11-9-28(15-35(40)69)53(85)51-63(93)75-49(65(94)95)33-18-31(81)19-38(82)46(33)32-13-26(6-7-29(32)22-79)47(61(91)77-51)78-64(102)48(30)74-60(90)37(20-44(70)83)73-62(50)92/h6-11,13-19,24-25,36-37,43,45,47-55,57-58,66,72,79-82,84-88H,12,20-23,71H2,1-5H3,(H2,70,83)(H,73,92)(H,74,90)(H,75,93)(H,76,89)(H,77,91)(H,78,102)(H,94,95). The van der Waals surface area contributed by atoms with Crippen LogP contribution in [0.5, 0.6) is 40.2 Å². The summed E-state index contributed by atoms with van der Waals surface area (Å²) >= 11 is 20.5. The maximum absolute atomic E-state index is 15.6. The first-order valence-electron chi connectivity index (χ1n) is 32.1. The van der Waals surface area contributed by atoms with Gasteiger partial charge in [0, 0.05) is 29.2 Å². The molecule has 548 valence electrons. The molecule has 32 nitrogen and oxygen atoms in total. The number of phenols is 2. The first-order chi connectivity index (χ1) is 48.2. The Morgan fingerprint density at radius 1 is 0.755 bits per heavy atom. The third-order valence-electron chi connectivity index (χ3n) is 18.1. The summed E-state index contributed by atoms with van der Waals surface area (Å²) < 4.78 is 38.6. The molecule has 7 aliphatic heterocycles. The molecule has 7 aliphatic rings. The zero-order chi connectivity index (χ0) is 74.2. The number of amides is 6. The number of aromatic hydroxyl groups is 2. The van der Waals surface area contributed by atoms with Crippen LogP contribution in [-0.2, 0) is 54.4 Å². The van der Waals surface area contributed by atoms with E-state index in [0.717, 1.165) is 18.2 Å². The molecular formula is C67H77Cl2N9O23S. The number of ether oxygens (including phenoxy) is 6. The number of likely N-dealkylation sites (N-methyl/N-ethyl adjacent to an activating group) is 1. The minimum Gasteiger partial charge on any atom is -0.508 e. The number of aliphatic carboxylic acids is 1. The van der Waals surface area contributed by atoms with Gasteiger partial charge in [-0.05, 0) is 115 Å². The lowest BCUT2D eigenvalue weighted by molar-refractivity contribution is -0.333. The van der Waals surface area contributed by atoms with E-state index < -0.39 is 215 Å². The van der Waals surface area contributed by atoms with E-state index in [2.05, 4.69) is 37.2 Å². The number of hydrogen-bond donors (Lipinski definition) is 19. The number of fused-ring (bicyclic) bond motifs is 15. The van der Waals surface area contributed by atoms with E-state index in [1.54, 1.807) is 0 Å². The summed E-state index contributed by atoms with van der Waals surface area (Å²) in [7, 11) is 1.49. The second kappa shape index (κ2) is 31.1. The van der Waals surface area contributed by atoms with Crippen molar-refractivity contribution in [1.29, 1.82) is 0 Å². The van der Waals surface area contributed by atoms with E-state index >= 15 is 9.59 Å². The van der Waals surface area contributed by atoms with Crippen molar-refractivity contribution in [1.82, 2.24) is 37.2 Å². The third kappa shape index (κ3) is 16.1. The lowest BCUT2D eigenvalue weighted by Crippen LogP contribution is -2.64. The number of carboxylic acid groups (broad SMARTS) is 1. The van der Waals surface area contributed by atoms with Gasteiger partial charge in [-0.25, -0.2) is 4.79 Å². The van der Waals surface area contributed by atoms with Crippen molar-refractivity contribution in [3.63, 3.8) is 0 Å². The van der Waals surface area contributed by atoms with Crippen LogP contribution in [0.2, 0.25) is 10.0 Å². The molecule has 35 heteroatoms. The van der Waals surface area contributed by atoms with Gasteiger partial charge in [0.25, 0.3) is 0 Å². The Labute approximate surface area is 596 Å². The number of benzene rings is 5. The molecule has 2 fully saturated rings. The number of thiocarbonyl (C=S) groups is 1. The molecule has 12 rings (SSSR count). The summed E-state index contributed by atoms with van der Waals surface area (Å²) in [6.45, 7) is 4.94. The Hall–Kier alpha value is -8.62. The summed E-state index contributed by atoms with van der Waals surface area (Å²) in [5, 5.41) is 131. The van der Waals surface area contributed by atoms with Gasteiger partial charge >= 0.3 is 5.97 Å². The van der Waals surface area contributed by atoms with Crippen LogP contribution >= 0.6 is 35.4 Å². The fourth-order valence-corrected chi connectivity index (χ4v) is 13.5. The highest BCUT2D eigenvalue weighted by Crippen LogP contribution is 2.50. The molecule has 0 spiro atoms. The van der Waals surface area contributed by atoms with Crippen LogP contribution in [0, 0.1) is 5.92 Å². The van der Waals surface area contributed by atoms with Gasteiger partial charge in [-0.3, -0.25) is 28.8 Å². The summed E-state index contributed by atoms with van der Waals surface area (Å²) in [4.78, 5) is 101. The van der Waals surface area contributed by atoms with E-state index in [1.165, 1.54) is 81.6 Å². The highest BCUT2D eigenvalue weighted by molar-refractivity contribution is 7.80. The Kier molecular flexibility index (Phi) is 23.2. The maximum Gasteiger partial charge on any atom is 0.330 e. The minimum absolute atomic E-state index is 0.0149. The largest absolute Gasteiger partial charge is 0.508 e. The zero-order valence-corrected chi connectivity index (χ0v) is 57.4.